The minimum Gasteiger partial charge on any atom is -0.378 e. The van der Waals surface area contributed by atoms with Gasteiger partial charge < -0.3 is 4.74 Å². The van der Waals surface area contributed by atoms with Crippen molar-refractivity contribution >= 4 is 0 Å². The van der Waals surface area contributed by atoms with Crippen molar-refractivity contribution in [3.8, 4) is 0 Å². The van der Waals surface area contributed by atoms with Gasteiger partial charge in [-0.05, 0) is 19.3 Å². The molecular weight excluding hydrogens is 256 g/mol. The molecule has 1 saturated heterocycles. The van der Waals surface area contributed by atoms with Crippen molar-refractivity contribution in [1.82, 2.24) is 0 Å². The molecule has 1 fully saturated rings. The maximum Gasteiger partial charge on any atom is 0.0575 e. The normalized spacial score (nSPS) is 24.1. The Kier molecular flexibility index (Phi) is 13.5. The van der Waals surface area contributed by atoms with Gasteiger partial charge in [0.2, 0.25) is 0 Å². The van der Waals surface area contributed by atoms with Gasteiger partial charge in [-0.1, -0.05) is 96.8 Å². The molecule has 0 aliphatic carbocycles. The molecule has 0 amide bonds. The number of rotatable bonds is 5. The predicted octanol–water partition coefficient (Wildman–Crippen LogP) is 7.04. The van der Waals surface area contributed by atoms with Gasteiger partial charge in [-0.15, -0.1) is 0 Å². The molecule has 126 valence electrons. The van der Waals surface area contributed by atoms with Gasteiger partial charge >= 0.3 is 0 Å². The summed E-state index contributed by atoms with van der Waals surface area (Å²) in [6.07, 6.45) is 24.3. The molecule has 0 spiro atoms. The van der Waals surface area contributed by atoms with Crippen LogP contribution in [0, 0.1) is 0 Å². The van der Waals surface area contributed by atoms with E-state index in [1.807, 2.05) is 0 Å². The smallest absolute Gasteiger partial charge is 0.0575 e. The van der Waals surface area contributed by atoms with Crippen molar-refractivity contribution in [2.24, 2.45) is 0 Å². The van der Waals surface area contributed by atoms with E-state index in [9.17, 15) is 0 Å². The molecule has 0 bridgehead atoms. The van der Waals surface area contributed by atoms with Crippen LogP contribution < -0.4 is 0 Å². The molecule has 0 aromatic carbocycles. The lowest BCUT2D eigenvalue weighted by Crippen LogP contribution is -2.14. The molecule has 1 heterocycles. The van der Waals surface area contributed by atoms with E-state index in [2.05, 4.69) is 6.92 Å². The number of hydrogen-bond donors (Lipinski definition) is 0. The van der Waals surface area contributed by atoms with Crippen molar-refractivity contribution in [2.45, 2.75) is 122 Å². The molecule has 1 unspecified atom stereocenters. The summed E-state index contributed by atoms with van der Waals surface area (Å²) >= 11 is 0. The fourth-order valence-electron chi connectivity index (χ4n) is 3.42. The second-order valence-electron chi connectivity index (χ2n) is 7.02. The highest BCUT2D eigenvalue weighted by Crippen LogP contribution is 2.18. The highest BCUT2D eigenvalue weighted by molar-refractivity contribution is 4.61. The topological polar surface area (TPSA) is 9.23 Å². The van der Waals surface area contributed by atoms with E-state index in [1.54, 1.807) is 0 Å². The van der Waals surface area contributed by atoms with Crippen molar-refractivity contribution in [3.63, 3.8) is 0 Å². The summed E-state index contributed by atoms with van der Waals surface area (Å²) in [5, 5.41) is 0. The standard InChI is InChI=1S/C20H40O/c1-2-3-4-14-17-20-18-15-12-10-8-6-5-7-9-11-13-16-19-21-20/h20H,2-19H2,1H3. The van der Waals surface area contributed by atoms with Gasteiger partial charge in [0, 0.05) is 6.61 Å². The Morgan fingerprint density at radius 2 is 1.24 bits per heavy atom. The Morgan fingerprint density at radius 3 is 1.86 bits per heavy atom. The van der Waals surface area contributed by atoms with Crippen LogP contribution in [0.15, 0.2) is 0 Å². The Morgan fingerprint density at radius 1 is 0.667 bits per heavy atom. The monoisotopic (exact) mass is 296 g/mol. The molecule has 1 nitrogen and oxygen atoms in total. The predicted molar refractivity (Wildman–Crippen MR) is 93.9 cm³/mol. The molecule has 0 N–H and O–H groups in total. The SMILES string of the molecule is CCCCCCC1CCCCCCCCCCCCCO1. The van der Waals surface area contributed by atoms with Crippen LogP contribution in [0.1, 0.15) is 116 Å². The summed E-state index contributed by atoms with van der Waals surface area (Å²) in [5.41, 5.74) is 0. The van der Waals surface area contributed by atoms with Crippen LogP contribution in [-0.4, -0.2) is 12.7 Å². The van der Waals surface area contributed by atoms with E-state index in [0.717, 1.165) is 6.61 Å². The largest absolute Gasteiger partial charge is 0.378 e. The van der Waals surface area contributed by atoms with Crippen molar-refractivity contribution in [3.05, 3.63) is 0 Å². The zero-order valence-corrected chi connectivity index (χ0v) is 14.7. The van der Waals surface area contributed by atoms with Gasteiger partial charge in [0.25, 0.3) is 0 Å². The third kappa shape index (κ3) is 12.2. The van der Waals surface area contributed by atoms with Crippen LogP contribution in [0.4, 0.5) is 0 Å². The summed E-state index contributed by atoms with van der Waals surface area (Å²) in [4.78, 5) is 0. The second kappa shape index (κ2) is 14.9. The Labute approximate surface area is 134 Å². The molecule has 21 heavy (non-hydrogen) atoms. The summed E-state index contributed by atoms with van der Waals surface area (Å²) in [6, 6.07) is 0. The Balaban J connectivity index is 2.20. The van der Waals surface area contributed by atoms with Crippen LogP contribution >= 0.6 is 0 Å². The van der Waals surface area contributed by atoms with E-state index in [4.69, 9.17) is 4.74 Å². The molecule has 0 aromatic rings. The number of hydrogen-bond acceptors (Lipinski definition) is 1. The highest BCUT2D eigenvalue weighted by atomic mass is 16.5. The number of unbranched alkanes of at least 4 members (excludes halogenated alkanes) is 3. The minimum absolute atomic E-state index is 0.562. The fraction of sp³-hybridized carbons (Fsp3) is 1.00. The lowest BCUT2D eigenvalue weighted by atomic mass is 10.0. The van der Waals surface area contributed by atoms with Gasteiger partial charge in [-0.3, -0.25) is 0 Å². The van der Waals surface area contributed by atoms with Crippen LogP contribution in [0.3, 0.4) is 0 Å². The van der Waals surface area contributed by atoms with Crippen molar-refractivity contribution in [1.29, 1.82) is 0 Å². The van der Waals surface area contributed by atoms with E-state index >= 15 is 0 Å². The molecule has 1 rings (SSSR count). The van der Waals surface area contributed by atoms with Gasteiger partial charge in [-0.2, -0.15) is 0 Å². The molecule has 1 heteroatoms. The van der Waals surface area contributed by atoms with Gasteiger partial charge in [0.1, 0.15) is 0 Å². The second-order valence-corrected chi connectivity index (χ2v) is 7.02. The third-order valence-electron chi connectivity index (χ3n) is 4.90. The van der Waals surface area contributed by atoms with Crippen LogP contribution in [0.25, 0.3) is 0 Å². The summed E-state index contributed by atoms with van der Waals surface area (Å²) in [5.74, 6) is 0. The van der Waals surface area contributed by atoms with Crippen molar-refractivity contribution in [2.75, 3.05) is 6.61 Å². The van der Waals surface area contributed by atoms with Crippen LogP contribution in [-0.2, 0) is 4.74 Å². The highest BCUT2D eigenvalue weighted by Gasteiger charge is 2.09. The third-order valence-corrected chi connectivity index (χ3v) is 4.90. The van der Waals surface area contributed by atoms with Crippen LogP contribution in [0.5, 0.6) is 0 Å². The van der Waals surface area contributed by atoms with Crippen molar-refractivity contribution < 1.29 is 4.74 Å². The molecule has 0 radical (unpaired) electrons. The first kappa shape index (κ1) is 19.0. The fourth-order valence-corrected chi connectivity index (χ4v) is 3.42. The maximum absolute atomic E-state index is 6.20. The molecule has 0 aromatic heterocycles. The first-order chi connectivity index (χ1) is 10.4. The summed E-state index contributed by atoms with van der Waals surface area (Å²) in [7, 11) is 0. The van der Waals surface area contributed by atoms with Gasteiger partial charge in [0.05, 0.1) is 6.10 Å². The lowest BCUT2D eigenvalue weighted by Gasteiger charge is -2.18. The van der Waals surface area contributed by atoms with E-state index in [0.29, 0.717) is 6.10 Å². The van der Waals surface area contributed by atoms with E-state index in [1.165, 1.54) is 109 Å². The van der Waals surface area contributed by atoms with Gasteiger partial charge in [0.15, 0.2) is 0 Å². The quantitative estimate of drug-likeness (QED) is 0.494. The molecular formula is C20H40O. The van der Waals surface area contributed by atoms with Crippen LogP contribution in [0.2, 0.25) is 0 Å². The molecule has 1 atom stereocenters. The molecule has 1 aliphatic heterocycles. The Hall–Kier alpha value is -0.0400. The number of ether oxygens (including phenoxy) is 1. The first-order valence-corrected chi connectivity index (χ1v) is 10.0. The Bertz CT molecular complexity index is 186. The van der Waals surface area contributed by atoms with E-state index in [-0.39, 0.29) is 0 Å². The van der Waals surface area contributed by atoms with Gasteiger partial charge in [-0.25, -0.2) is 0 Å². The average molecular weight is 297 g/mol. The maximum atomic E-state index is 6.20. The summed E-state index contributed by atoms with van der Waals surface area (Å²) in [6.45, 7) is 3.30. The summed E-state index contributed by atoms with van der Waals surface area (Å²) < 4.78 is 6.20. The average Bonchev–Trinajstić information content (AvgIpc) is 2.51. The van der Waals surface area contributed by atoms with E-state index < -0.39 is 0 Å². The zero-order valence-electron chi connectivity index (χ0n) is 14.7. The zero-order chi connectivity index (χ0) is 15.0. The molecule has 1 aliphatic rings. The molecule has 0 saturated carbocycles. The minimum atomic E-state index is 0.562. The lowest BCUT2D eigenvalue weighted by molar-refractivity contribution is 0.0358. The first-order valence-electron chi connectivity index (χ1n) is 10.0.